The van der Waals surface area contributed by atoms with Crippen LogP contribution < -0.4 is 25.7 Å². The fraction of sp³-hybridized carbons (Fsp3) is 0.185. The average molecular weight is 515 g/mol. The Hall–Kier alpha value is -4.15. The van der Waals surface area contributed by atoms with E-state index in [0.717, 1.165) is 37.9 Å². The Morgan fingerprint density at radius 3 is 2.46 bits per heavy atom. The lowest BCUT2D eigenvalue weighted by molar-refractivity contribution is 0.297. The molecule has 4 heterocycles. The Morgan fingerprint density at radius 1 is 0.892 bits per heavy atom. The van der Waals surface area contributed by atoms with Crippen LogP contribution in [0.15, 0.2) is 72.3 Å². The summed E-state index contributed by atoms with van der Waals surface area (Å²) in [6.07, 6.45) is 8.64. The Balaban J connectivity index is 1.40. The monoisotopic (exact) mass is 514 g/mol. The summed E-state index contributed by atoms with van der Waals surface area (Å²) in [5.74, 6) is 2.91. The topological polar surface area (TPSA) is 131 Å². The highest BCUT2D eigenvalue weighted by Crippen LogP contribution is 2.37. The highest BCUT2D eigenvalue weighted by Gasteiger charge is 2.14. The van der Waals surface area contributed by atoms with Gasteiger partial charge in [-0.15, -0.1) is 11.8 Å². The van der Waals surface area contributed by atoms with Crippen LogP contribution in [0, 0.1) is 0 Å². The first-order valence-electron chi connectivity index (χ1n) is 11.5. The zero-order valence-electron chi connectivity index (χ0n) is 20.4. The third kappa shape index (κ3) is 5.35. The molecule has 0 spiro atoms. The van der Waals surface area contributed by atoms with Crippen molar-refractivity contribution < 1.29 is 14.2 Å². The molecule has 4 N–H and O–H groups in total. The van der Waals surface area contributed by atoms with Crippen molar-refractivity contribution in [1.82, 2.24) is 19.9 Å². The van der Waals surface area contributed by atoms with Gasteiger partial charge in [-0.05, 0) is 35.7 Å². The van der Waals surface area contributed by atoms with E-state index in [-0.39, 0.29) is 6.04 Å². The van der Waals surface area contributed by atoms with Crippen LogP contribution in [0.5, 0.6) is 17.2 Å². The minimum Gasteiger partial charge on any atom is -0.493 e. The molecular formula is C27H26N6O3S. The van der Waals surface area contributed by atoms with Gasteiger partial charge in [0.05, 0.1) is 31.6 Å². The number of rotatable bonds is 9. The highest BCUT2D eigenvalue weighted by atomic mass is 32.2. The molecule has 0 fully saturated rings. The second-order valence-corrected chi connectivity index (χ2v) is 9.40. The molecule has 0 radical (unpaired) electrons. The van der Waals surface area contributed by atoms with E-state index < -0.39 is 0 Å². The molecule has 37 heavy (non-hydrogen) atoms. The zero-order chi connectivity index (χ0) is 25.8. The third-order valence-electron chi connectivity index (χ3n) is 5.80. The van der Waals surface area contributed by atoms with Gasteiger partial charge in [0.25, 0.3) is 0 Å². The molecule has 0 aliphatic heterocycles. The largest absolute Gasteiger partial charge is 0.493 e. The van der Waals surface area contributed by atoms with E-state index in [0.29, 0.717) is 35.4 Å². The van der Waals surface area contributed by atoms with Gasteiger partial charge in [0, 0.05) is 63.9 Å². The molecule has 5 rings (SSSR count). The second-order valence-electron chi connectivity index (χ2n) is 8.31. The van der Waals surface area contributed by atoms with Crippen molar-refractivity contribution in [2.24, 2.45) is 5.73 Å². The van der Waals surface area contributed by atoms with Crippen LogP contribution in [0.1, 0.15) is 0 Å². The van der Waals surface area contributed by atoms with E-state index in [1.807, 2.05) is 36.4 Å². The van der Waals surface area contributed by atoms with Crippen LogP contribution in [-0.2, 0) is 0 Å². The summed E-state index contributed by atoms with van der Waals surface area (Å²) in [5, 5.41) is 2.53. The number of nitrogens with two attached hydrogens (primary N) is 2. The lowest BCUT2D eigenvalue weighted by Crippen LogP contribution is -2.30. The minimum absolute atomic E-state index is 0.151. The van der Waals surface area contributed by atoms with E-state index in [4.69, 9.17) is 25.7 Å². The quantitative estimate of drug-likeness (QED) is 0.216. The maximum absolute atomic E-state index is 6.35. The number of benzene rings is 1. The Labute approximate surface area is 218 Å². The Bertz CT molecular complexity index is 1550. The molecule has 0 bridgehead atoms. The van der Waals surface area contributed by atoms with E-state index in [1.54, 1.807) is 57.0 Å². The molecule has 0 amide bonds. The summed E-state index contributed by atoms with van der Waals surface area (Å²) in [5.41, 5.74) is 14.8. The molecule has 188 valence electrons. The molecule has 1 atom stereocenters. The van der Waals surface area contributed by atoms with Gasteiger partial charge in [-0.1, -0.05) is 0 Å². The fourth-order valence-corrected chi connectivity index (χ4v) is 4.75. The summed E-state index contributed by atoms with van der Waals surface area (Å²) in [6.45, 7) is 0.356. The molecule has 0 saturated carbocycles. The minimum atomic E-state index is -0.151. The number of fused-ring (bicyclic) bond motifs is 3. The summed E-state index contributed by atoms with van der Waals surface area (Å²) < 4.78 is 16.9. The van der Waals surface area contributed by atoms with Gasteiger partial charge in [-0.25, -0.2) is 4.98 Å². The number of ether oxygens (including phenoxy) is 3. The molecule has 0 unspecified atom stereocenters. The predicted octanol–water partition coefficient (Wildman–Crippen LogP) is 4.34. The smallest absolute Gasteiger partial charge is 0.162 e. The first-order valence-corrected chi connectivity index (χ1v) is 12.5. The average Bonchev–Trinajstić information content (AvgIpc) is 2.94. The van der Waals surface area contributed by atoms with Gasteiger partial charge < -0.3 is 25.7 Å². The molecule has 1 aromatic carbocycles. The van der Waals surface area contributed by atoms with Crippen LogP contribution in [0.2, 0.25) is 0 Å². The summed E-state index contributed by atoms with van der Waals surface area (Å²) in [7, 11) is 3.20. The van der Waals surface area contributed by atoms with Crippen molar-refractivity contribution in [3.8, 4) is 28.5 Å². The van der Waals surface area contributed by atoms with E-state index in [2.05, 4.69) is 19.9 Å². The number of hydrogen-bond donors (Lipinski definition) is 2. The van der Waals surface area contributed by atoms with Gasteiger partial charge in [-0.3, -0.25) is 15.0 Å². The maximum Gasteiger partial charge on any atom is 0.162 e. The van der Waals surface area contributed by atoms with Crippen LogP contribution in [0.3, 0.4) is 0 Å². The van der Waals surface area contributed by atoms with E-state index in [1.165, 1.54) is 0 Å². The van der Waals surface area contributed by atoms with Gasteiger partial charge in [0.2, 0.25) is 0 Å². The van der Waals surface area contributed by atoms with Crippen LogP contribution >= 0.6 is 11.8 Å². The molecule has 9 nitrogen and oxygen atoms in total. The number of nitrogen functional groups attached to an aromatic ring is 1. The molecule has 4 aromatic heterocycles. The third-order valence-corrected chi connectivity index (χ3v) is 7.00. The Morgan fingerprint density at radius 2 is 1.68 bits per heavy atom. The number of thioether (sulfide) groups is 1. The number of aromatic nitrogens is 4. The van der Waals surface area contributed by atoms with Gasteiger partial charge in [0.15, 0.2) is 11.5 Å². The highest BCUT2D eigenvalue weighted by molar-refractivity contribution is 7.99. The van der Waals surface area contributed by atoms with Gasteiger partial charge in [-0.2, -0.15) is 0 Å². The Kier molecular flexibility index (Phi) is 7.20. The van der Waals surface area contributed by atoms with Crippen LogP contribution in [0.4, 0.5) is 5.82 Å². The predicted molar refractivity (Wildman–Crippen MR) is 146 cm³/mol. The molecule has 5 aromatic rings. The molecular weight excluding hydrogens is 488 g/mol. The van der Waals surface area contributed by atoms with Crippen molar-refractivity contribution in [1.29, 1.82) is 0 Å². The van der Waals surface area contributed by atoms with E-state index >= 15 is 0 Å². The molecule has 0 aliphatic carbocycles. The van der Waals surface area contributed by atoms with Gasteiger partial charge in [0.1, 0.15) is 18.2 Å². The van der Waals surface area contributed by atoms with Crippen molar-refractivity contribution in [3.05, 3.63) is 67.4 Å². The SMILES string of the molecule is COc1cc2ncc3c(N)nc(-c4cncc(OC[C@@H](N)CSc5ccncc5)c4)cc3c2cc1OC. The normalized spacial score (nSPS) is 12.0. The standard InChI is InChI=1S/C27H26N6O3S/c1-34-25-9-21-20-8-23(33-27(29)22(20)13-32-24(21)10-26(25)35-2)16-7-18(12-31-11-16)36-14-17(28)15-37-19-3-5-30-6-4-19/h3-13,17H,14-15,28H2,1-2H3,(H2,29,33)/t17-/m1/s1. The van der Waals surface area contributed by atoms with E-state index in [9.17, 15) is 0 Å². The molecule has 0 saturated heterocycles. The van der Waals surface area contributed by atoms with Crippen molar-refractivity contribution >= 4 is 39.3 Å². The van der Waals surface area contributed by atoms with Crippen LogP contribution in [0.25, 0.3) is 32.9 Å². The summed E-state index contributed by atoms with van der Waals surface area (Å²) in [4.78, 5) is 18.6. The number of methoxy groups -OCH3 is 2. The lowest BCUT2D eigenvalue weighted by atomic mass is 10.0. The van der Waals surface area contributed by atoms with Crippen LogP contribution in [-0.4, -0.2) is 52.6 Å². The molecule has 0 aliphatic rings. The summed E-state index contributed by atoms with van der Waals surface area (Å²) >= 11 is 1.67. The van der Waals surface area contributed by atoms with Crippen molar-refractivity contribution in [2.45, 2.75) is 10.9 Å². The first-order chi connectivity index (χ1) is 18.1. The fourth-order valence-electron chi connectivity index (χ4n) is 3.93. The number of nitrogens with zero attached hydrogens (tertiary/aromatic N) is 4. The van der Waals surface area contributed by atoms with Crippen molar-refractivity contribution in [3.63, 3.8) is 0 Å². The molecule has 10 heteroatoms. The maximum atomic E-state index is 6.35. The van der Waals surface area contributed by atoms with Gasteiger partial charge >= 0.3 is 0 Å². The second kappa shape index (κ2) is 10.9. The number of anilines is 1. The summed E-state index contributed by atoms with van der Waals surface area (Å²) in [6, 6.07) is 11.4. The van der Waals surface area contributed by atoms with Crippen molar-refractivity contribution in [2.75, 3.05) is 32.3 Å². The number of pyridine rings is 4. The number of hydrogen-bond acceptors (Lipinski definition) is 10. The lowest BCUT2D eigenvalue weighted by Gasteiger charge is -2.14. The zero-order valence-corrected chi connectivity index (χ0v) is 21.2. The first kappa shape index (κ1) is 24.5.